The zero-order valence-electron chi connectivity index (χ0n) is 18.8. The number of rotatable bonds is 10. The maximum absolute atomic E-state index is 8.95. The molecule has 8 nitrogen and oxygen atoms in total. The van der Waals surface area contributed by atoms with Crippen molar-refractivity contribution in [1.82, 2.24) is 10.2 Å². The molecule has 1 aromatic carbocycles. The fourth-order valence-electron chi connectivity index (χ4n) is 3.93. The van der Waals surface area contributed by atoms with Gasteiger partial charge in [-0.2, -0.15) is 0 Å². The summed E-state index contributed by atoms with van der Waals surface area (Å²) in [6.07, 6.45) is 4.87. The van der Waals surface area contributed by atoms with Crippen LogP contribution in [0.25, 0.3) is 0 Å². The van der Waals surface area contributed by atoms with E-state index in [0.717, 1.165) is 70.1 Å². The van der Waals surface area contributed by atoms with Crippen LogP contribution < -0.4 is 14.8 Å². The van der Waals surface area contributed by atoms with E-state index in [-0.39, 0.29) is 19.3 Å². The molecule has 2 aliphatic heterocycles. The molecule has 0 amide bonds. The predicted octanol–water partition coefficient (Wildman–Crippen LogP) is 2.19. The molecular formula is C23H37N3O5. The Kier molecular flexibility index (Phi) is 9.71. The van der Waals surface area contributed by atoms with Crippen LogP contribution in [0.2, 0.25) is 0 Å². The van der Waals surface area contributed by atoms with Gasteiger partial charge in [0.25, 0.3) is 0 Å². The first-order valence-electron chi connectivity index (χ1n) is 11.4. The highest BCUT2D eigenvalue weighted by Gasteiger charge is 2.24. The van der Waals surface area contributed by atoms with Crippen LogP contribution in [0.5, 0.6) is 11.5 Å². The lowest BCUT2D eigenvalue weighted by molar-refractivity contribution is -0.0367. The third kappa shape index (κ3) is 7.26. The second kappa shape index (κ2) is 12.7. The number of aliphatic hydroxyl groups excluding tert-OH is 1. The average Bonchev–Trinajstić information content (AvgIpc) is 3.33. The molecule has 2 heterocycles. The van der Waals surface area contributed by atoms with E-state index in [1.165, 1.54) is 0 Å². The van der Waals surface area contributed by atoms with Crippen molar-refractivity contribution in [2.24, 2.45) is 4.99 Å². The van der Waals surface area contributed by atoms with Crippen molar-refractivity contribution in [2.75, 3.05) is 53.2 Å². The Labute approximate surface area is 185 Å². The number of benzene rings is 1. The van der Waals surface area contributed by atoms with Gasteiger partial charge in [0.05, 0.1) is 39.1 Å². The summed E-state index contributed by atoms with van der Waals surface area (Å²) in [5, 5.41) is 12.4. The van der Waals surface area contributed by atoms with Gasteiger partial charge in [-0.05, 0) is 50.3 Å². The van der Waals surface area contributed by atoms with Crippen molar-refractivity contribution < 1.29 is 24.1 Å². The van der Waals surface area contributed by atoms with E-state index in [1.807, 2.05) is 18.2 Å². The van der Waals surface area contributed by atoms with Crippen molar-refractivity contribution in [3.05, 3.63) is 23.8 Å². The Bertz CT molecular complexity index is 686. The minimum Gasteiger partial charge on any atom is -0.493 e. The number of ether oxygens (including phenoxy) is 4. The Morgan fingerprint density at radius 1 is 1.26 bits per heavy atom. The van der Waals surface area contributed by atoms with Gasteiger partial charge in [0.2, 0.25) is 0 Å². The molecule has 2 fully saturated rings. The lowest BCUT2D eigenvalue weighted by atomic mass is 10.1. The van der Waals surface area contributed by atoms with Crippen molar-refractivity contribution in [1.29, 1.82) is 0 Å². The summed E-state index contributed by atoms with van der Waals surface area (Å²) in [4.78, 5) is 7.15. The summed E-state index contributed by atoms with van der Waals surface area (Å²) in [6, 6.07) is 5.78. The number of nitrogens with zero attached hydrogens (tertiary/aromatic N) is 2. The Morgan fingerprint density at radius 3 is 2.77 bits per heavy atom. The third-order valence-electron chi connectivity index (χ3n) is 5.61. The highest BCUT2D eigenvalue weighted by Crippen LogP contribution is 2.28. The van der Waals surface area contributed by atoms with Gasteiger partial charge in [-0.15, -0.1) is 0 Å². The monoisotopic (exact) mass is 435 g/mol. The van der Waals surface area contributed by atoms with Gasteiger partial charge in [-0.3, -0.25) is 0 Å². The lowest BCUT2D eigenvalue weighted by Gasteiger charge is -2.34. The van der Waals surface area contributed by atoms with Gasteiger partial charge >= 0.3 is 0 Å². The Balaban J connectivity index is 1.52. The topological polar surface area (TPSA) is 84.8 Å². The van der Waals surface area contributed by atoms with Gasteiger partial charge in [0.15, 0.2) is 17.5 Å². The van der Waals surface area contributed by atoms with Crippen LogP contribution in [0.1, 0.15) is 38.2 Å². The smallest absolute Gasteiger partial charge is 0.194 e. The number of hydrogen-bond donors (Lipinski definition) is 2. The fourth-order valence-corrected chi connectivity index (χ4v) is 3.93. The summed E-state index contributed by atoms with van der Waals surface area (Å²) < 4.78 is 22.7. The largest absolute Gasteiger partial charge is 0.493 e. The highest BCUT2D eigenvalue weighted by atomic mass is 16.5. The molecule has 3 rings (SSSR count). The van der Waals surface area contributed by atoms with E-state index in [1.54, 1.807) is 7.11 Å². The van der Waals surface area contributed by atoms with Crippen LogP contribution in [-0.4, -0.2) is 81.3 Å². The first kappa shape index (κ1) is 23.6. The van der Waals surface area contributed by atoms with Gasteiger partial charge in [0.1, 0.15) is 6.61 Å². The number of aliphatic imine (C=N–C) groups is 1. The second-order valence-corrected chi connectivity index (χ2v) is 7.88. The van der Waals surface area contributed by atoms with E-state index in [0.29, 0.717) is 24.1 Å². The van der Waals surface area contributed by atoms with E-state index < -0.39 is 0 Å². The molecule has 0 aromatic heterocycles. The summed E-state index contributed by atoms with van der Waals surface area (Å²) in [5.41, 5.74) is 1.04. The lowest BCUT2D eigenvalue weighted by Crippen LogP contribution is -2.47. The number of likely N-dealkylation sites (tertiary alicyclic amines) is 1. The molecule has 2 N–H and O–H groups in total. The number of piperidine rings is 1. The minimum atomic E-state index is -0.0304. The van der Waals surface area contributed by atoms with Crippen LogP contribution in [0.3, 0.4) is 0 Å². The van der Waals surface area contributed by atoms with Crippen LogP contribution in [-0.2, 0) is 16.0 Å². The summed E-state index contributed by atoms with van der Waals surface area (Å²) in [5.74, 6) is 2.20. The molecule has 0 aliphatic carbocycles. The number of aliphatic hydroxyl groups is 1. The molecule has 2 saturated heterocycles. The van der Waals surface area contributed by atoms with E-state index in [9.17, 15) is 0 Å². The first-order valence-corrected chi connectivity index (χ1v) is 11.4. The van der Waals surface area contributed by atoms with Gasteiger partial charge < -0.3 is 34.3 Å². The standard InChI is InChI=1S/C23H37N3O5/c1-3-24-23(25-16-18-6-7-21(30-14-12-27)22(15-18)28-2)26-10-8-19(9-11-26)31-17-20-5-4-13-29-20/h6-7,15,19-20,27H,3-5,8-14,16-17H2,1-2H3,(H,24,25). The molecule has 2 aliphatic rings. The van der Waals surface area contributed by atoms with Gasteiger partial charge in [-0.25, -0.2) is 4.99 Å². The molecule has 174 valence electrons. The molecule has 1 unspecified atom stereocenters. The second-order valence-electron chi connectivity index (χ2n) is 7.88. The molecule has 8 heteroatoms. The average molecular weight is 436 g/mol. The third-order valence-corrected chi connectivity index (χ3v) is 5.61. The van der Waals surface area contributed by atoms with Crippen LogP contribution >= 0.6 is 0 Å². The zero-order chi connectivity index (χ0) is 21.9. The maximum atomic E-state index is 8.95. The molecule has 0 spiro atoms. The van der Waals surface area contributed by atoms with E-state index in [4.69, 9.17) is 29.0 Å². The number of methoxy groups -OCH3 is 1. The van der Waals surface area contributed by atoms with Crippen LogP contribution in [0, 0.1) is 0 Å². The normalized spacial score (nSPS) is 20.2. The van der Waals surface area contributed by atoms with Crippen molar-refractivity contribution in [3.63, 3.8) is 0 Å². The number of nitrogens with one attached hydrogen (secondary N) is 1. The first-order chi connectivity index (χ1) is 15.2. The maximum Gasteiger partial charge on any atom is 0.194 e. The minimum absolute atomic E-state index is 0.0304. The zero-order valence-corrected chi connectivity index (χ0v) is 18.8. The van der Waals surface area contributed by atoms with E-state index >= 15 is 0 Å². The quantitative estimate of drug-likeness (QED) is 0.430. The number of hydrogen-bond acceptors (Lipinski definition) is 6. The van der Waals surface area contributed by atoms with Crippen LogP contribution in [0.4, 0.5) is 0 Å². The molecule has 0 saturated carbocycles. The number of guanidine groups is 1. The van der Waals surface area contributed by atoms with Crippen LogP contribution in [0.15, 0.2) is 23.2 Å². The molecule has 0 radical (unpaired) electrons. The molecule has 0 bridgehead atoms. The molecule has 31 heavy (non-hydrogen) atoms. The molecule has 1 aromatic rings. The fraction of sp³-hybridized carbons (Fsp3) is 0.696. The van der Waals surface area contributed by atoms with Crippen molar-refractivity contribution in [3.8, 4) is 11.5 Å². The Morgan fingerprint density at radius 2 is 2.10 bits per heavy atom. The van der Waals surface area contributed by atoms with Gasteiger partial charge in [-0.1, -0.05) is 6.07 Å². The summed E-state index contributed by atoms with van der Waals surface area (Å²) in [6.45, 7) is 7.13. The van der Waals surface area contributed by atoms with Crippen molar-refractivity contribution in [2.45, 2.75) is 51.4 Å². The Hall–Kier alpha value is -2.03. The SMILES string of the molecule is CCNC(=NCc1ccc(OCCO)c(OC)c1)N1CCC(OCC2CCCO2)CC1. The highest BCUT2D eigenvalue weighted by molar-refractivity contribution is 5.80. The summed E-state index contributed by atoms with van der Waals surface area (Å²) >= 11 is 0. The predicted molar refractivity (Wildman–Crippen MR) is 120 cm³/mol. The van der Waals surface area contributed by atoms with Gasteiger partial charge in [0, 0.05) is 26.2 Å². The molecule has 1 atom stereocenters. The van der Waals surface area contributed by atoms with E-state index in [2.05, 4.69) is 17.1 Å². The van der Waals surface area contributed by atoms with Crippen molar-refractivity contribution >= 4 is 5.96 Å². The summed E-state index contributed by atoms with van der Waals surface area (Å²) in [7, 11) is 1.61. The molecular weight excluding hydrogens is 398 g/mol.